The Bertz CT molecular complexity index is 440. The molecule has 2 rings (SSSR count). The summed E-state index contributed by atoms with van der Waals surface area (Å²) in [4.78, 5) is 5.01. The number of nitrogens with zero attached hydrogens (tertiary/aromatic N) is 1. The molecular weight excluding hydrogens is 186 g/mol. The topological polar surface area (TPSA) is 21.6 Å². The second-order valence-electron chi connectivity index (χ2n) is 3.68. The van der Waals surface area contributed by atoms with Gasteiger partial charge in [-0.25, -0.2) is 0 Å². The molecule has 0 atom stereocenters. The van der Waals surface area contributed by atoms with Gasteiger partial charge in [0, 0.05) is 5.56 Å². The summed E-state index contributed by atoms with van der Waals surface area (Å²) in [6.45, 7) is 2.34. The highest BCUT2D eigenvalue weighted by Crippen LogP contribution is 2.23. The first-order valence-electron chi connectivity index (χ1n) is 5.03. The van der Waals surface area contributed by atoms with Crippen molar-refractivity contribution >= 4 is 5.71 Å². The third-order valence-electron chi connectivity index (χ3n) is 2.53. The highest BCUT2D eigenvalue weighted by atomic mass is 16.6. The average Bonchev–Trinajstić information content (AvgIpc) is 2.61. The maximum Gasteiger partial charge on any atom is 0.177 e. The summed E-state index contributed by atoms with van der Waals surface area (Å²) >= 11 is 0. The third kappa shape index (κ3) is 2.02. The minimum Gasteiger partial charge on any atom is -0.382 e. The molecule has 0 unspecified atom stereocenters. The van der Waals surface area contributed by atoms with Crippen LogP contribution in [0.15, 0.2) is 23.4 Å². The molecule has 2 heteroatoms. The number of hydrogen-bond acceptors (Lipinski definition) is 2. The molecule has 0 saturated heterocycles. The summed E-state index contributed by atoms with van der Waals surface area (Å²) in [7, 11) is 0. The van der Waals surface area contributed by atoms with Gasteiger partial charge in [0.2, 0.25) is 0 Å². The van der Waals surface area contributed by atoms with E-state index in [0.717, 1.165) is 18.6 Å². The number of terminal acetylenes is 1. The molecule has 2 nitrogen and oxygen atoms in total. The first-order valence-corrected chi connectivity index (χ1v) is 5.03. The zero-order valence-electron chi connectivity index (χ0n) is 8.79. The quantitative estimate of drug-likeness (QED) is 0.407. The SMILES string of the molecule is C#CCON=C1CCc2cc(C)ccc21. The molecule has 1 aromatic carbocycles. The normalized spacial score (nSPS) is 16.1. The van der Waals surface area contributed by atoms with E-state index in [1.807, 2.05) is 0 Å². The molecular formula is C13H13NO. The van der Waals surface area contributed by atoms with Crippen molar-refractivity contribution in [3.8, 4) is 12.3 Å². The molecule has 0 bridgehead atoms. The summed E-state index contributed by atoms with van der Waals surface area (Å²) in [6.07, 6.45) is 7.08. The summed E-state index contributed by atoms with van der Waals surface area (Å²) in [5, 5.41) is 4.06. The van der Waals surface area contributed by atoms with Gasteiger partial charge in [0.1, 0.15) is 0 Å². The molecule has 0 aromatic heterocycles. The monoisotopic (exact) mass is 199 g/mol. The first-order chi connectivity index (χ1) is 7.31. The van der Waals surface area contributed by atoms with Gasteiger partial charge in [0.15, 0.2) is 6.61 Å². The van der Waals surface area contributed by atoms with Gasteiger partial charge in [-0.15, -0.1) is 6.42 Å². The van der Waals surface area contributed by atoms with Gasteiger partial charge >= 0.3 is 0 Å². The zero-order valence-corrected chi connectivity index (χ0v) is 8.79. The van der Waals surface area contributed by atoms with Crippen LogP contribution in [0.4, 0.5) is 0 Å². The minimum absolute atomic E-state index is 0.241. The number of hydrogen-bond donors (Lipinski definition) is 0. The summed E-state index contributed by atoms with van der Waals surface area (Å²) in [5.41, 5.74) is 4.87. The molecule has 1 aliphatic rings. The summed E-state index contributed by atoms with van der Waals surface area (Å²) < 4.78 is 0. The van der Waals surface area contributed by atoms with Gasteiger partial charge in [-0.3, -0.25) is 0 Å². The van der Waals surface area contributed by atoms with Crippen LogP contribution in [0.5, 0.6) is 0 Å². The summed E-state index contributed by atoms with van der Waals surface area (Å²) in [5.74, 6) is 2.40. The van der Waals surface area contributed by atoms with Crippen LogP contribution >= 0.6 is 0 Å². The van der Waals surface area contributed by atoms with Crippen LogP contribution in [-0.4, -0.2) is 12.3 Å². The van der Waals surface area contributed by atoms with Crippen molar-refractivity contribution in [2.45, 2.75) is 19.8 Å². The smallest absolute Gasteiger partial charge is 0.177 e. The molecule has 0 amide bonds. The highest BCUT2D eigenvalue weighted by molar-refractivity contribution is 6.04. The van der Waals surface area contributed by atoms with Crippen LogP contribution in [0.1, 0.15) is 23.1 Å². The largest absolute Gasteiger partial charge is 0.382 e. The van der Waals surface area contributed by atoms with Gasteiger partial charge in [-0.2, -0.15) is 0 Å². The number of benzene rings is 1. The van der Waals surface area contributed by atoms with E-state index in [1.54, 1.807) is 0 Å². The fourth-order valence-electron chi connectivity index (χ4n) is 1.84. The Morgan fingerprint density at radius 1 is 1.47 bits per heavy atom. The maximum atomic E-state index is 5.08. The second-order valence-corrected chi connectivity index (χ2v) is 3.68. The minimum atomic E-state index is 0.241. The fourth-order valence-corrected chi connectivity index (χ4v) is 1.84. The second kappa shape index (κ2) is 4.18. The Balaban J connectivity index is 2.22. The van der Waals surface area contributed by atoms with Crippen LogP contribution in [0.2, 0.25) is 0 Å². The lowest BCUT2D eigenvalue weighted by Gasteiger charge is -2.00. The lowest BCUT2D eigenvalue weighted by Crippen LogP contribution is -1.96. The van der Waals surface area contributed by atoms with E-state index in [2.05, 4.69) is 36.2 Å². The van der Waals surface area contributed by atoms with E-state index in [-0.39, 0.29) is 6.61 Å². The van der Waals surface area contributed by atoms with E-state index < -0.39 is 0 Å². The molecule has 0 heterocycles. The Hall–Kier alpha value is -1.75. The molecule has 15 heavy (non-hydrogen) atoms. The van der Waals surface area contributed by atoms with Crippen molar-refractivity contribution in [2.24, 2.45) is 5.16 Å². The Morgan fingerprint density at radius 3 is 3.13 bits per heavy atom. The number of rotatable bonds is 2. The van der Waals surface area contributed by atoms with Crippen LogP contribution in [0.3, 0.4) is 0 Å². The molecule has 0 radical (unpaired) electrons. The molecule has 0 fully saturated rings. The summed E-state index contributed by atoms with van der Waals surface area (Å²) in [6, 6.07) is 6.41. The van der Waals surface area contributed by atoms with E-state index >= 15 is 0 Å². The molecule has 1 aliphatic carbocycles. The van der Waals surface area contributed by atoms with Gasteiger partial charge < -0.3 is 4.84 Å². The molecule has 0 spiro atoms. The number of oxime groups is 1. The predicted molar refractivity (Wildman–Crippen MR) is 60.8 cm³/mol. The number of aryl methyl sites for hydroxylation is 2. The van der Waals surface area contributed by atoms with E-state index in [1.165, 1.54) is 16.7 Å². The van der Waals surface area contributed by atoms with Crippen molar-refractivity contribution < 1.29 is 4.84 Å². The fraction of sp³-hybridized carbons (Fsp3) is 0.308. The van der Waals surface area contributed by atoms with Crippen LogP contribution in [-0.2, 0) is 11.3 Å². The van der Waals surface area contributed by atoms with E-state index in [9.17, 15) is 0 Å². The molecule has 0 saturated carbocycles. The van der Waals surface area contributed by atoms with Crippen molar-refractivity contribution in [1.82, 2.24) is 0 Å². The first kappa shape index (κ1) is 9.79. The molecule has 0 N–H and O–H groups in total. The van der Waals surface area contributed by atoms with Gasteiger partial charge in [-0.05, 0) is 25.3 Å². The molecule has 76 valence electrons. The lowest BCUT2D eigenvalue weighted by atomic mass is 10.1. The maximum absolute atomic E-state index is 5.08. The van der Waals surface area contributed by atoms with E-state index in [4.69, 9.17) is 11.3 Å². The third-order valence-corrected chi connectivity index (χ3v) is 2.53. The van der Waals surface area contributed by atoms with Gasteiger partial charge in [-0.1, -0.05) is 34.8 Å². The predicted octanol–water partition coefficient (Wildman–Crippen LogP) is 2.30. The van der Waals surface area contributed by atoms with Crippen molar-refractivity contribution in [1.29, 1.82) is 0 Å². The lowest BCUT2D eigenvalue weighted by molar-refractivity contribution is 0.179. The van der Waals surface area contributed by atoms with Crippen LogP contribution in [0.25, 0.3) is 0 Å². The van der Waals surface area contributed by atoms with Gasteiger partial charge in [0.25, 0.3) is 0 Å². The standard InChI is InChI=1S/C13H13NO/c1-3-8-15-14-13-7-5-11-9-10(2)4-6-12(11)13/h1,4,6,9H,5,7-8H2,2H3. The van der Waals surface area contributed by atoms with Crippen LogP contribution in [0, 0.1) is 19.3 Å². The average molecular weight is 199 g/mol. The van der Waals surface area contributed by atoms with Crippen LogP contribution < -0.4 is 0 Å². The van der Waals surface area contributed by atoms with Crippen molar-refractivity contribution in [3.63, 3.8) is 0 Å². The van der Waals surface area contributed by atoms with Crippen molar-refractivity contribution in [2.75, 3.05) is 6.61 Å². The van der Waals surface area contributed by atoms with E-state index in [0.29, 0.717) is 0 Å². The number of fused-ring (bicyclic) bond motifs is 1. The Labute approximate surface area is 89.9 Å². The Kier molecular flexibility index (Phi) is 2.73. The van der Waals surface area contributed by atoms with Crippen molar-refractivity contribution in [3.05, 3.63) is 34.9 Å². The van der Waals surface area contributed by atoms with Gasteiger partial charge in [0.05, 0.1) is 5.71 Å². The Morgan fingerprint density at radius 2 is 2.33 bits per heavy atom. The highest BCUT2D eigenvalue weighted by Gasteiger charge is 2.17. The molecule has 1 aromatic rings. The zero-order chi connectivity index (χ0) is 10.7. The molecule has 0 aliphatic heterocycles.